The predicted octanol–water partition coefficient (Wildman–Crippen LogP) is 1.97. The summed E-state index contributed by atoms with van der Waals surface area (Å²) in [6, 6.07) is 4.35. The molecular weight excluding hydrogens is 293 g/mol. The van der Waals surface area contributed by atoms with Crippen LogP contribution in [-0.2, 0) is 23.0 Å². The molecule has 0 bridgehead atoms. The van der Waals surface area contributed by atoms with E-state index < -0.39 is 15.7 Å². The minimum absolute atomic E-state index is 0.0940. The van der Waals surface area contributed by atoms with Crippen molar-refractivity contribution in [1.82, 2.24) is 4.57 Å². The predicted molar refractivity (Wildman–Crippen MR) is 72.5 cm³/mol. The maximum Gasteiger partial charge on any atom is 0.149 e. The number of aliphatic hydroxyl groups excluding tert-OH is 1. The molecule has 0 aliphatic carbocycles. The van der Waals surface area contributed by atoms with Crippen LogP contribution >= 0.6 is 11.6 Å². The van der Waals surface area contributed by atoms with E-state index in [4.69, 9.17) is 11.6 Å². The van der Waals surface area contributed by atoms with Crippen molar-refractivity contribution < 1.29 is 17.9 Å². The SMILES string of the molecule is CS(=O)(=O)CCn1c(CO)cc2cc(Cl)cc(F)c21. The molecule has 0 radical (unpaired) electrons. The summed E-state index contributed by atoms with van der Waals surface area (Å²) >= 11 is 5.77. The number of aromatic nitrogens is 1. The summed E-state index contributed by atoms with van der Waals surface area (Å²) in [5.41, 5.74) is 0.719. The molecule has 104 valence electrons. The van der Waals surface area contributed by atoms with Gasteiger partial charge >= 0.3 is 0 Å². The van der Waals surface area contributed by atoms with Gasteiger partial charge in [-0.3, -0.25) is 0 Å². The van der Waals surface area contributed by atoms with Crippen LogP contribution in [0.2, 0.25) is 5.02 Å². The molecule has 0 aliphatic rings. The first-order chi connectivity index (χ1) is 8.81. The maximum atomic E-state index is 13.9. The number of aryl methyl sites for hydroxylation is 1. The van der Waals surface area contributed by atoms with E-state index in [-0.39, 0.29) is 29.4 Å². The number of hydrogen-bond donors (Lipinski definition) is 1. The molecule has 0 atom stereocenters. The molecule has 0 fully saturated rings. The van der Waals surface area contributed by atoms with E-state index in [0.29, 0.717) is 11.1 Å². The van der Waals surface area contributed by atoms with Crippen LogP contribution in [0.1, 0.15) is 5.69 Å². The maximum absolute atomic E-state index is 13.9. The first kappa shape index (κ1) is 14.3. The van der Waals surface area contributed by atoms with Crippen LogP contribution in [0.3, 0.4) is 0 Å². The minimum atomic E-state index is -3.17. The fourth-order valence-electron chi connectivity index (χ4n) is 2.03. The monoisotopic (exact) mass is 305 g/mol. The molecule has 0 saturated carbocycles. The lowest BCUT2D eigenvalue weighted by atomic mass is 10.2. The van der Waals surface area contributed by atoms with Gasteiger partial charge in [0.15, 0.2) is 0 Å². The van der Waals surface area contributed by atoms with Gasteiger partial charge in [0.1, 0.15) is 15.7 Å². The average molecular weight is 306 g/mol. The smallest absolute Gasteiger partial charge is 0.149 e. The van der Waals surface area contributed by atoms with Crippen molar-refractivity contribution in [2.75, 3.05) is 12.0 Å². The summed E-state index contributed by atoms with van der Waals surface area (Å²) < 4.78 is 37.8. The molecule has 0 unspecified atom stereocenters. The van der Waals surface area contributed by atoms with E-state index in [2.05, 4.69) is 0 Å². The Morgan fingerprint density at radius 3 is 2.63 bits per heavy atom. The van der Waals surface area contributed by atoms with Crippen molar-refractivity contribution in [3.05, 3.63) is 34.7 Å². The number of nitrogens with zero attached hydrogens (tertiary/aromatic N) is 1. The molecule has 0 amide bonds. The second-order valence-corrected chi connectivity index (χ2v) is 7.10. The van der Waals surface area contributed by atoms with Crippen LogP contribution in [0.25, 0.3) is 10.9 Å². The Bertz CT molecular complexity index is 724. The molecule has 1 N–H and O–H groups in total. The van der Waals surface area contributed by atoms with Gasteiger partial charge in [-0.2, -0.15) is 0 Å². The first-order valence-electron chi connectivity index (χ1n) is 5.57. The zero-order chi connectivity index (χ0) is 14.2. The number of sulfone groups is 1. The standard InChI is InChI=1S/C12H13ClFNO3S/c1-19(17,18)3-2-15-10(7-16)5-8-4-9(13)6-11(14)12(8)15/h4-6,16H,2-3,7H2,1H3. The molecule has 1 heterocycles. The van der Waals surface area contributed by atoms with Crippen LogP contribution in [0.15, 0.2) is 18.2 Å². The number of benzene rings is 1. The highest BCUT2D eigenvalue weighted by Crippen LogP contribution is 2.26. The summed E-state index contributed by atoms with van der Waals surface area (Å²) in [6.07, 6.45) is 1.12. The zero-order valence-electron chi connectivity index (χ0n) is 10.2. The van der Waals surface area contributed by atoms with Crippen LogP contribution in [0.4, 0.5) is 4.39 Å². The Balaban J connectivity index is 2.57. The van der Waals surface area contributed by atoms with E-state index in [0.717, 1.165) is 6.26 Å². The summed E-state index contributed by atoms with van der Waals surface area (Å²) in [7, 11) is -3.17. The van der Waals surface area contributed by atoms with E-state index in [9.17, 15) is 17.9 Å². The molecule has 19 heavy (non-hydrogen) atoms. The fraction of sp³-hybridized carbons (Fsp3) is 0.333. The third-order valence-electron chi connectivity index (χ3n) is 2.84. The molecule has 1 aromatic heterocycles. The largest absolute Gasteiger partial charge is 0.390 e. The van der Waals surface area contributed by atoms with Crippen LogP contribution in [0, 0.1) is 5.82 Å². The van der Waals surface area contributed by atoms with E-state index >= 15 is 0 Å². The van der Waals surface area contributed by atoms with E-state index in [1.807, 2.05) is 0 Å². The third kappa shape index (κ3) is 3.08. The van der Waals surface area contributed by atoms with Crippen molar-refractivity contribution in [3.63, 3.8) is 0 Å². The molecule has 0 spiro atoms. The fourth-order valence-corrected chi connectivity index (χ4v) is 2.75. The second kappa shape index (κ2) is 5.11. The Morgan fingerprint density at radius 1 is 1.37 bits per heavy atom. The van der Waals surface area contributed by atoms with E-state index in [1.165, 1.54) is 10.6 Å². The lowest BCUT2D eigenvalue weighted by Gasteiger charge is -2.09. The van der Waals surface area contributed by atoms with Crippen LogP contribution in [-0.4, -0.2) is 30.1 Å². The van der Waals surface area contributed by atoms with Gasteiger partial charge in [-0.15, -0.1) is 0 Å². The highest BCUT2D eigenvalue weighted by Gasteiger charge is 2.14. The van der Waals surface area contributed by atoms with Gasteiger partial charge in [0.25, 0.3) is 0 Å². The van der Waals surface area contributed by atoms with E-state index in [1.54, 1.807) is 12.1 Å². The molecule has 4 nitrogen and oxygen atoms in total. The van der Waals surface area contributed by atoms with Crippen LogP contribution in [0.5, 0.6) is 0 Å². The van der Waals surface area contributed by atoms with Gasteiger partial charge in [-0.05, 0) is 18.2 Å². The third-order valence-corrected chi connectivity index (χ3v) is 3.99. The van der Waals surface area contributed by atoms with Gasteiger partial charge < -0.3 is 9.67 Å². The Morgan fingerprint density at radius 2 is 2.05 bits per heavy atom. The van der Waals surface area contributed by atoms with Gasteiger partial charge in [0, 0.05) is 28.9 Å². The normalized spacial score (nSPS) is 12.2. The molecule has 1 aromatic carbocycles. The molecule has 0 saturated heterocycles. The lowest BCUT2D eigenvalue weighted by Crippen LogP contribution is -2.13. The van der Waals surface area contributed by atoms with Crippen molar-refractivity contribution in [2.45, 2.75) is 13.2 Å². The van der Waals surface area contributed by atoms with Crippen molar-refractivity contribution >= 4 is 32.3 Å². The number of halogens is 2. The number of hydrogen-bond acceptors (Lipinski definition) is 3. The molecule has 2 rings (SSSR count). The summed E-state index contributed by atoms with van der Waals surface area (Å²) in [6.45, 7) is -0.202. The Labute approximate surface area is 115 Å². The van der Waals surface area contributed by atoms with Crippen molar-refractivity contribution in [2.24, 2.45) is 0 Å². The summed E-state index contributed by atoms with van der Waals surface area (Å²) in [5, 5.41) is 10.1. The first-order valence-corrected chi connectivity index (χ1v) is 8.01. The molecule has 2 aromatic rings. The number of rotatable bonds is 4. The summed E-state index contributed by atoms with van der Waals surface area (Å²) in [5.74, 6) is -0.651. The zero-order valence-corrected chi connectivity index (χ0v) is 11.8. The highest BCUT2D eigenvalue weighted by atomic mass is 35.5. The second-order valence-electron chi connectivity index (χ2n) is 4.40. The molecule has 7 heteroatoms. The Kier molecular flexibility index (Phi) is 3.85. The quantitative estimate of drug-likeness (QED) is 0.939. The average Bonchev–Trinajstić information content (AvgIpc) is 2.63. The number of aliphatic hydroxyl groups is 1. The highest BCUT2D eigenvalue weighted by molar-refractivity contribution is 7.90. The van der Waals surface area contributed by atoms with Crippen molar-refractivity contribution in [1.29, 1.82) is 0 Å². The van der Waals surface area contributed by atoms with Gasteiger partial charge in [0.05, 0.1) is 17.9 Å². The molecular formula is C12H13ClFNO3S. The minimum Gasteiger partial charge on any atom is -0.390 e. The van der Waals surface area contributed by atoms with Gasteiger partial charge in [0.2, 0.25) is 0 Å². The van der Waals surface area contributed by atoms with Crippen LogP contribution < -0.4 is 0 Å². The van der Waals surface area contributed by atoms with Gasteiger partial charge in [-0.25, -0.2) is 12.8 Å². The Hall–Kier alpha value is -1.11. The van der Waals surface area contributed by atoms with Gasteiger partial charge in [-0.1, -0.05) is 11.6 Å². The summed E-state index contributed by atoms with van der Waals surface area (Å²) in [4.78, 5) is 0. The van der Waals surface area contributed by atoms with Crippen molar-refractivity contribution in [3.8, 4) is 0 Å². The lowest BCUT2D eigenvalue weighted by molar-refractivity contribution is 0.271. The number of fused-ring (bicyclic) bond motifs is 1. The molecule has 0 aliphatic heterocycles. The topological polar surface area (TPSA) is 59.3 Å².